The van der Waals surface area contributed by atoms with E-state index < -0.39 is 0 Å². The highest BCUT2D eigenvalue weighted by atomic mass is 35.5. The topological polar surface area (TPSA) is 56.5 Å². The highest BCUT2D eigenvalue weighted by Gasteiger charge is 2.20. The van der Waals surface area contributed by atoms with E-state index in [0.29, 0.717) is 23.0 Å². The number of imidazole rings is 1. The summed E-state index contributed by atoms with van der Waals surface area (Å²) in [5, 5.41) is 4.47. The van der Waals surface area contributed by atoms with Crippen molar-refractivity contribution in [2.45, 2.75) is 26.7 Å². The molecule has 0 aromatic carbocycles. The van der Waals surface area contributed by atoms with Crippen LogP contribution in [-0.4, -0.2) is 27.2 Å². The molecule has 0 atom stereocenters. The third-order valence-electron chi connectivity index (χ3n) is 2.57. The lowest BCUT2D eigenvalue weighted by molar-refractivity contribution is 0.0524. The standard InChI is InChI=1S/C12H14ClN3O2/c1-4-18-12(17)8-5-14-16-6-9(13)15-11(16)10(8)7(2)3/h5-7H,4H2,1-3H3. The molecule has 0 fully saturated rings. The van der Waals surface area contributed by atoms with E-state index in [1.54, 1.807) is 17.6 Å². The van der Waals surface area contributed by atoms with Crippen LogP contribution >= 0.6 is 11.6 Å². The number of halogens is 1. The highest BCUT2D eigenvalue weighted by molar-refractivity contribution is 6.29. The zero-order valence-electron chi connectivity index (χ0n) is 10.5. The Hall–Kier alpha value is -1.62. The average Bonchev–Trinajstić information content (AvgIpc) is 2.67. The first-order valence-electron chi connectivity index (χ1n) is 5.75. The van der Waals surface area contributed by atoms with Gasteiger partial charge in [0.15, 0.2) is 5.65 Å². The average molecular weight is 268 g/mol. The van der Waals surface area contributed by atoms with E-state index in [4.69, 9.17) is 16.3 Å². The molecule has 5 nitrogen and oxygen atoms in total. The molecule has 0 N–H and O–H groups in total. The minimum atomic E-state index is -0.379. The molecular formula is C12H14ClN3O2. The Balaban J connectivity index is 2.66. The molecule has 0 aliphatic heterocycles. The first kappa shape index (κ1) is 12.8. The van der Waals surface area contributed by atoms with Crippen LogP contribution in [-0.2, 0) is 4.74 Å². The van der Waals surface area contributed by atoms with Gasteiger partial charge in [-0.05, 0) is 12.8 Å². The summed E-state index contributed by atoms with van der Waals surface area (Å²) in [7, 11) is 0. The quantitative estimate of drug-likeness (QED) is 0.803. The summed E-state index contributed by atoms with van der Waals surface area (Å²) in [5.74, 6) is -0.260. The Bertz CT molecular complexity index is 592. The van der Waals surface area contributed by atoms with E-state index >= 15 is 0 Å². The van der Waals surface area contributed by atoms with E-state index in [2.05, 4.69) is 10.1 Å². The number of carbonyl (C=O) groups excluding carboxylic acids is 1. The molecular weight excluding hydrogens is 254 g/mol. The summed E-state index contributed by atoms with van der Waals surface area (Å²) in [5.41, 5.74) is 1.84. The van der Waals surface area contributed by atoms with Crippen LogP contribution in [0.2, 0.25) is 5.15 Å². The molecule has 2 heterocycles. The number of ether oxygens (including phenoxy) is 1. The van der Waals surface area contributed by atoms with E-state index in [9.17, 15) is 4.79 Å². The Kier molecular flexibility index (Phi) is 3.52. The number of aromatic nitrogens is 3. The van der Waals surface area contributed by atoms with E-state index in [1.165, 1.54) is 6.20 Å². The fraction of sp³-hybridized carbons (Fsp3) is 0.417. The zero-order valence-corrected chi connectivity index (χ0v) is 11.2. The fourth-order valence-electron chi connectivity index (χ4n) is 1.87. The maximum Gasteiger partial charge on any atom is 0.340 e. The molecule has 0 radical (unpaired) electrons. The Morgan fingerprint density at radius 3 is 2.89 bits per heavy atom. The van der Waals surface area contributed by atoms with Crippen LogP contribution in [0.1, 0.15) is 42.6 Å². The second-order valence-corrected chi connectivity index (χ2v) is 4.57. The van der Waals surface area contributed by atoms with Crippen LogP contribution in [0.5, 0.6) is 0 Å². The predicted octanol–water partition coefficient (Wildman–Crippen LogP) is 2.68. The maximum absolute atomic E-state index is 11.9. The van der Waals surface area contributed by atoms with Gasteiger partial charge in [-0.25, -0.2) is 14.3 Å². The number of carbonyl (C=O) groups is 1. The zero-order chi connectivity index (χ0) is 13.3. The van der Waals surface area contributed by atoms with Crippen molar-refractivity contribution in [2.75, 3.05) is 6.61 Å². The van der Waals surface area contributed by atoms with Gasteiger partial charge < -0.3 is 4.74 Å². The normalized spacial score (nSPS) is 11.2. The molecule has 6 heteroatoms. The number of nitrogens with zero attached hydrogens (tertiary/aromatic N) is 3. The highest BCUT2D eigenvalue weighted by Crippen LogP contribution is 2.25. The number of fused-ring (bicyclic) bond motifs is 1. The third-order valence-corrected chi connectivity index (χ3v) is 2.76. The Labute approximate surface area is 110 Å². The molecule has 2 aromatic rings. The van der Waals surface area contributed by atoms with Crippen molar-refractivity contribution in [3.8, 4) is 0 Å². The van der Waals surface area contributed by atoms with Crippen LogP contribution in [0.15, 0.2) is 12.4 Å². The number of esters is 1. The summed E-state index contributed by atoms with van der Waals surface area (Å²) < 4.78 is 6.60. The van der Waals surface area contributed by atoms with Gasteiger partial charge in [-0.3, -0.25) is 0 Å². The van der Waals surface area contributed by atoms with Gasteiger partial charge in [-0.1, -0.05) is 25.4 Å². The molecule has 0 bridgehead atoms. The van der Waals surface area contributed by atoms with E-state index in [1.807, 2.05) is 13.8 Å². The van der Waals surface area contributed by atoms with Crippen molar-refractivity contribution in [1.29, 1.82) is 0 Å². The van der Waals surface area contributed by atoms with Crippen molar-refractivity contribution < 1.29 is 9.53 Å². The van der Waals surface area contributed by atoms with E-state index in [-0.39, 0.29) is 11.9 Å². The first-order valence-corrected chi connectivity index (χ1v) is 6.13. The number of rotatable bonds is 3. The van der Waals surface area contributed by atoms with Gasteiger partial charge in [0.2, 0.25) is 0 Å². The largest absolute Gasteiger partial charge is 0.462 e. The van der Waals surface area contributed by atoms with Gasteiger partial charge >= 0.3 is 5.97 Å². The van der Waals surface area contributed by atoms with Crippen LogP contribution in [0.25, 0.3) is 5.65 Å². The van der Waals surface area contributed by atoms with Crippen molar-refractivity contribution in [1.82, 2.24) is 14.6 Å². The predicted molar refractivity (Wildman–Crippen MR) is 68.0 cm³/mol. The lowest BCUT2D eigenvalue weighted by Crippen LogP contribution is -2.12. The molecule has 0 spiro atoms. The van der Waals surface area contributed by atoms with E-state index in [0.717, 1.165) is 5.56 Å². The molecule has 0 aliphatic carbocycles. The molecule has 0 saturated heterocycles. The summed E-state index contributed by atoms with van der Waals surface area (Å²) >= 11 is 5.86. The van der Waals surface area contributed by atoms with Crippen LogP contribution in [0.4, 0.5) is 0 Å². The summed E-state index contributed by atoms with van der Waals surface area (Å²) in [4.78, 5) is 16.1. The second kappa shape index (κ2) is 4.94. The van der Waals surface area contributed by atoms with Crippen LogP contribution in [0.3, 0.4) is 0 Å². The smallest absolute Gasteiger partial charge is 0.340 e. The van der Waals surface area contributed by atoms with Crippen LogP contribution < -0.4 is 0 Å². The van der Waals surface area contributed by atoms with Crippen molar-refractivity contribution >= 4 is 23.2 Å². The minimum absolute atomic E-state index is 0.119. The molecule has 96 valence electrons. The van der Waals surface area contributed by atoms with Gasteiger partial charge in [0.1, 0.15) is 5.15 Å². The van der Waals surface area contributed by atoms with Gasteiger partial charge in [0, 0.05) is 5.56 Å². The molecule has 0 saturated carbocycles. The van der Waals surface area contributed by atoms with Crippen molar-refractivity contribution in [2.24, 2.45) is 0 Å². The van der Waals surface area contributed by atoms with Gasteiger partial charge in [-0.2, -0.15) is 5.10 Å². The molecule has 2 rings (SSSR count). The summed E-state index contributed by atoms with van der Waals surface area (Å²) in [6.07, 6.45) is 3.11. The van der Waals surface area contributed by atoms with Gasteiger partial charge in [0.05, 0.1) is 24.6 Å². The van der Waals surface area contributed by atoms with Gasteiger partial charge in [0.25, 0.3) is 0 Å². The molecule has 18 heavy (non-hydrogen) atoms. The first-order chi connectivity index (χ1) is 8.54. The van der Waals surface area contributed by atoms with Crippen molar-refractivity contribution in [3.05, 3.63) is 28.7 Å². The van der Waals surface area contributed by atoms with Crippen molar-refractivity contribution in [3.63, 3.8) is 0 Å². The Morgan fingerprint density at radius 2 is 2.28 bits per heavy atom. The third kappa shape index (κ3) is 2.18. The van der Waals surface area contributed by atoms with Crippen LogP contribution in [0, 0.1) is 0 Å². The minimum Gasteiger partial charge on any atom is -0.462 e. The van der Waals surface area contributed by atoms with Gasteiger partial charge in [-0.15, -0.1) is 0 Å². The Morgan fingerprint density at radius 1 is 1.56 bits per heavy atom. The second-order valence-electron chi connectivity index (χ2n) is 4.18. The number of hydrogen-bond donors (Lipinski definition) is 0. The number of hydrogen-bond acceptors (Lipinski definition) is 4. The summed E-state index contributed by atoms with van der Waals surface area (Å²) in [6.45, 7) is 6.07. The molecule has 2 aromatic heterocycles. The lowest BCUT2D eigenvalue weighted by atomic mass is 10.00. The fourth-order valence-corrected chi connectivity index (χ4v) is 2.04. The molecule has 0 aliphatic rings. The monoisotopic (exact) mass is 267 g/mol. The maximum atomic E-state index is 11.9. The lowest BCUT2D eigenvalue weighted by Gasteiger charge is -2.12. The summed E-state index contributed by atoms with van der Waals surface area (Å²) in [6, 6.07) is 0. The molecule has 0 unspecified atom stereocenters. The SMILES string of the molecule is CCOC(=O)c1cnn2cc(Cl)nc2c1C(C)C. The molecule has 0 amide bonds.